The van der Waals surface area contributed by atoms with Crippen LogP contribution < -0.4 is 4.90 Å². The number of carbonyl (C=O) groups is 2. The van der Waals surface area contributed by atoms with Crippen LogP contribution in [0.25, 0.3) is 0 Å². The van der Waals surface area contributed by atoms with E-state index in [-0.39, 0.29) is 28.7 Å². The van der Waals surface area contributed by atoms with Gasteiger partial charge in [-0.3, -0.25) is 9.69 Å². The zero-order chi connectivity index (χ0) is 21.9. The van der Waals surface area contributed by atoms with Gasteiger partial charge in [0.2, 0.25) is 5.91 Å². The second-order valence-corrected chi connectivity index (χ2v) is 6.99. The number of anilines is 2. The van der Waals surface area contributed by atoms with E-state index in [1.165, 1.54) is 48.7 Å². The zero-order valence-electron chi connectivity index (χ0n) is 15.5. The summed E-state index contributed by atoms with van der Waals surface area (Å²) >= 11 is 1.03. The van der Waals surface area contributed by atoms with Crippen LogP contribution in [-0.2, 0) is 22.3 Å². The van der Waals surface area contributed by atoms with Crippen molar-refractivity contribution in [3.63, 3.8) is 0 Å². The summed E-state index contributed by atoms with van der Waals surface area (Å²) in [6.45, 7) is 1.00. The Kier molecular flexibility index (Phi) is 6.06. The van der Waals surface area contributed by atoms with Crippen LogP contribution in [0.1, 0.15) is 28.5 Å². The van der Waals surface area contributed by atoms with Crippen LogP contribution in [0.5, 0.6) is 5.75 Å². The second kappa shape index (κ2) is 8.54. The third kappa shape index (κ3) is 4.95. The number of phenolic OH excluding ortho intramolecular Hbond substituents is 1. The third-order valence-corrected chi connectivity index (χ3v) is 4.79. The number of rotatable bonds is 5. The van der Waals surface area contributed by atoms with E-state index in [2.05, 4.69) is 4.98 Å². The normalized spacial score (nSPS) is 11.2. The van der Waals surface area contributed by atoms with Crippen molar-refractivity contribution in [2.75, 3.05) is 4.90 Å². The fraction of sp³-hybridized carbons (Fsp3) is 0.150. The minimum Gasteiger partial charge on any atom is -0.508 e. The number of alkyl halides is 3. The molecule has 2 aromatic carbocycles. The minimum atomic E-state index is -4.55. The van der Waals surface area contributed by atoms with Crippen molar-refractivity contribution in [1.29, 1.82) is 0 Å². The van der Waals surface area contributed by atoms with Gasteiger partial charge in [0.25, 0.3) is 0 Å². The number of hydrogen-bond acceptors (Lipinski definition) is 6. The van der Waals surface area contributed by atoms with Crippen LogP contribution in [0, 0.1) is 0 Å². The molecule has 1 amide bonds. The van der Waals surface area contributed by atoms with Gasteiger partial charge in [-0.15, -0.1) is 11.3 Å². The fourth-order valence-electron chi connectivity index (χ4n) is 2.57. The quantitative estimate of drug-likeness (QED) is 0.575. The number of aromatic hydroxyl groups is 1. The van der Waals surface area contributed by atoms with E-state index < -0.39 is 23.6 Å². The summed E-state index contributed by atoms with van der Waals surface area (Å²) in [5, 5.41) is 11.1. The van der Waals surface area contributed by atoms with Crippen molar-refractivity contribution in [3.8, 4) is 5.75 Å². The number of esters is 1. The molecule has 1 heterocycles. The molecule has 3 aromatic rings. The van der Waals surface area contributed by atoms with Crippen molar-refractivity contribution in [3.05, 3.63) is 70.7 Å². The van der Waals surface area contributed by atoms with Gasteiger partial charge in [0.05, 0.1) is 22.5 Å². The molecule has 156 valence electrons. The molecule has 1 N–H and O–H groups in total. The molecule has 0 saturated carbocycles. The predicted molar refractivity (Wildman–Crippen MR) is 104 cm³/mol. The van der Waals surface area contributed by atoms with E-state index in [0.29, 0.717) is 5.69 Å². The highest BCUT2D eigenvalue weighted by Gasteiger charge is 2.31. The molecule has 0 radical (unpaired) electrons. The number of benzene rings is 2. The molecule has 3 rings (SSSR count). The molecule has 0 spiro atoms. The lowest BCUT2D eigenvalue weighted by Crippen LogP contribution is -2.23. The molecule has 0 fully saturated rings. The van der Waals surface area contributed by atoms with Gasteiger partial charge in [-0.05, 0) is 36.4 Å². The number of thiazole rings is 1. The summed E-state index contributed by atoms with van der Waals surface area (Å²) < 4.78 is 44.1. The first-order valence-electron chi connectivity index (χ1n) is 8.53. The van der Waals surface area contributed by atoms with Gasteiger partial charge in [-0.2, -0.15) is 13.2 Å². The highest BCUT2D eigenvalue weighted by Crippen LogP contribution is 2.35. The summed E-state index contributed by atoms with van der Waals surface area (Å²) in [6.07, 6.45) is -4.55. The van der Waals surface area contributed by atoms with Crippen LogP contribution in [0.3, 0.4) is 0 Å². The molecule has 0 aliphatic carbocycles. The molecule has 0 bridgehead atoms. The first-order chi connectivity index (χ1) is 14.1. The molecular weight excluding hydrogens is 421 g/mol. The van der Waals surface area contributed by atoms with E-state index in [4.69, 9.17) is 4.74 Å². The Labute approximate surface area is 173 Å². The topological polar surface area (TPSA) is 79.7 Å². The van der Waals surface area contributed by atoms with Gasteiger partial charge in [-0.1, -0.05) is 12.1 Å². The van der Waals surface area contributed by atoms with Crippen LogP contribution in [0.15, 0.2) is 53.9 Å². The second-order valence-electron chi connectivity index (χ2n) is 6.15. The average Bonchev–Trinajstić information content (AvgIpc) is 3.14. The Hall–Kier alpha value is -3.40. The first-order valence-corrected chi connectivity index (χ1v) is 9.41. The molecule has 0 unspecified atom stereocenters. The van der Waals surface area contributed by atoms with E-state index in [1.54, 1.807) is 0 Å². The van der Waals surface area contributed by atoms with Crippen molar-refractivity contribution in [2.24, 2.45) is 0 Å². The average molecular weight is 436 g/mol. The van der Waals surface area contributed by atoms with Gasteiger partial charge in [0, 0.05) is 12.3 Å². The number of carbonyl (C=O) groups excluding carboxylic acids is 2. The van der Waals surface area contributed by atoms with Gasteiger partial charge >= 0.3 is 12.1 Å². The maximum absolute atomic E-state index is 13.0. The Morgan fingerprint density at radius 1 is 1.17 bits per heavy atom. The summed E-state index contributed by atoms with van der Waals surface area (Å²) in [5.74, 6) is -1.28. The monoisotopic (exact) mass is 436 g/mol. The summed E-state index contributed by atoms with van der Waals surface area (Å²) in [7, 11) is 0. The standard InChI is InChI=1S/C20H15F3N2O4S/c1-12(26)25(16-6-3-5-14(9-16)20(21,22)23)19-24-15(11-30-19)10-29-18(28)13-4-2-7-17(27)8-13/h2-9,11,27H,10H2,1H3. The number of hydrogen-bond donors (Lipinski definition) is 1. The van der Waals surface area contributed by atoms with Crippen molar-refractivity contribution >= 4 is 34.0 Å². The van der Waals surface area contributed by atoms with Crippen molar-refractivity contribution in [1.82, 2.24) is 4.98 Å². The zero-order valence-corrected chi connectivity index (χ0v) is 16.3. The maximum Gasteiger partial charge on any atom is 0.416 e. The Morgan fingerprint density at radius 3 is 2.57 bits per heavy atom. The highest BCUT2D eigenvalue weighted by molar-refractivity contribution is 7.14. The lowest BCUT2D eigenvalue weighted by Gasteiger charge is -2.19. The van der Waals surface area contributed by atoms with Gasteiger partial charge in [0.1, 0.15) is 12.4 Å². The predicted octanol–water partition coefficient (Wildman–Crippen LogP) is 4.91. The summed E-state index contributed by atoms with van der Waals surface area (Å²) in [4.78, 5) is 29.4. The lowest BCUT2D eigenvalue weighted by molar-refractivity contribution is -0.137. The number of amides is 1. The van der Waals surface area contributed by atoms with Gasteiger partial charge in [0.15, 0.2) is 5.13 Å². The summed E-state index contributed by atoms with van der Waals surface area (Å²) in [6, 6.07) is 9.99. The molecule has 0 saturated heterocycles. The summed E-state index contributed by atoms with van der Waals surface area (Å²) in [5.41, 5.74) is -0.389. The smallest absolute Gasteiger partial charge is 0.416 e. The Balaban J connectivity index is 1.77. The molecule has 30 heavy (non-hydrogen) atoms. The van der Waals surface area contributed by atoms with Crippen LogP contribution in [0.2, 0.25) is 0 Å². The Morgan fingerprint density at radius 2 is 1.90 bits per heavy atom. The lowest BCUT2D eigenvalue weighted by atomic mass is 10.2. The molecule has 10 heteroatoms. The minimum absolute atomic E-state index is 0.0231. The number of ether oxygens (including phenoxy) is 1. The van der Waals surface area contributed by atoms with E-state index in [9.17, 15) is 27.9 Å². The Bertz CT molecular complexity index is 1080. The molecular formula is C20H15F3N2O4S. The van der Waals surface area contributed by atoms with Crippen LogP contribution in [0.4, 0.5) is 24.0 Å². The fourth-order valence-corrected chi connectivity index (χ4v) is 3.44. The van der Waals surface area contributed by atoms with Crippen molar-refractivity contribution in [2.45, 2.75) is 19.7 Å². The third-order valence-electron chi connectivity index (χ3n) is 3.91. The van der Waals surface area contributed by atoms with Gasteiger partial charge < -0.3 is 9.84 Å². The van der Waals surface area contributed by atoms with E-state index in [0.717, 1.165) is 28.4 Å². The molecule has 6 nitrogen and oxygen atoms in total. The first kappa shape index (κ1) is 21.3. The molecule has 1 aromatic heterocycles. The van der Waals surface area contributed by atoms with Crippen LogP contribution in [-0.4, -0.2) is 22.0 Å². The van der Waals surface area contributed by atoms with Crippen LogP contribution >= 0.6 is 11.3 Å². The highest BCUT2D eigenvalue weighted by atomic mass is 32.1. The van der Waals surface area contributed by atoms with Crippen molar-refractivity contribution < 1.29 is 32.6 Å². The van der Waals surface area contributed by atoms with E-state index >= 15 is 0 Å². The molecule has 0 aliphatic heterocycles. The SMILES string of the molecule is CC(=O)N(c1cccc(C(F)(F)F)c1)c1nc(COC(=O)c2cccc(O)c2)cs1. The maximum atomic E-state index is 13.0. The molecule has 0 atom stereocenters. The number of nitrogens with zero attached hydrogens (tertiary/aromatic N) is 2. The van der Waals surface area contributed by atoms with Gasteiger partial charge in [-0.25, -0.2) is 9.78 Å². The largest absolute Gasteiger partial charge is 0.508 e. The molecule has 0 aliphatic rings. The van der Waals surface area contributed by atoms with E-state index in [1.807, 2.05) is 0 Å². The number of phenols is 1. The number of aromatic nitrogens is 1. The number of halogens is 3.